The van der Waals surface area contributed by atoms with E-state index in [9.17, 15) is 16.8 Å². The molecule has 1 fully saturated rings. The van der Waals surface area contributed by atoms with Crippen LogP contribution in [0.3, 0.4) is 0 Å². The fraction of sp³-hybridized carbons (Fsp3) is 1.00. The molecule has 0 aliphatic carbocycles. The van der Waals surface area contributed by atoms with Crippen LogP contribution in [-0.4, -0.2) is 45.0 Å². The molecule has 18 heavy (non-hydrogen) atoms. The minimum Gasteiger partial charge on any atom is -0.229 e. The Morgan fingerprint density at radius 2 is 1.78 bits per heavy atom. The predicted octanol–water partition coefficient (Wildman–Crippen LogP) is 0.891. The summed E-state index contributed by atoms with van der Waals surface area (Å²) < 4.78 is 49.5. The molecule has 1 aliphatic heterocycles. The van der Waals surface area contributed by atoms with E-state index in [1.807, 2.05) is 0 Å². The van der Waals surface area contributed by atoms with Crippen LogP contribution in [0.4, 0.5) is 0 Å². The lowest BCUT2D eigenvalue weighted by atomic mass is 10.0. The Hall–Kier alpha value is 0.150. The largest absolute Gasteiger partial charge is 0.229 e. The van der Waals surface area contributed by atoms with E-state index in [-0.39, 0.29) is 24.3 Å². The van der Waals surface area contributed by atoms with Crippen molar-refractivity contribution in [1.29, 1.82) is 0 Å². The molecule has 0 radical (unpaired) electrons. The van der Waals surface area contributed by atoms with Crippen LogP contribution in [0.1, 0.15) is 33.1 Å². The quantitative estimate of drug-likeness (QED) is 0.764. The van der Waals surface area contributed by atoms with Crippen LogP contribution in [0.5, 0.6) is 0 Å². The van der Waals surface area contributed by atoms with Crippen molar-refractivity contribution in [2.45, 2.75) is 43.9 Å². The number of rotatable bonds is 5. The van der Waals surface area contributed by atoms with Gasteiger partial charge in [-0.05, 0) is 33.1 Å². The number of alkyl halides is 1. The van der Waals surface area contributed by atoms with E-state index in [4.69, 9.17) is 11.6 Å². The van der Waals surface area contributed by atoms with Crippen molar-refractivity contribution in [3.05, 3.63) is 0 Å². The Morgan fingerprint density at radius 3 is 2.22 bits per heavy atom. The molecule has 0 aromatic heterocycles. The molecule has 0 unspecified atom stereocenters. The number of sulfone groups is 1. The highest BCUT2D eigenvalue weighted by Crippen LogP contribution is 2.21. The highest BCUT2D eigenvalue weighted by atomic mass is 35.5. The SMILES string of the molecule is CC(C)(CCCl)NS(=O)(=O)C1CCS(=O)(=O)CC1. The van der Waals surface area contributed by atoms with Crippen molar-refractivity contribution in [1.82, 2.24) is 4.72 Å². The van der Waals surface area contributed by atoms with Crippen LogP contribution in [0.25, 0.3) is 0 Å². The Bertz CT molecular complexity index is 470. The molecule has 0 amide bonds. The van der Waals surface area contributed by atoms with Crippen molar-refractivity contribution in [2.24, 2.45) is 0 Å². The highest BCUT2D eigenvalue weighted by Gasteiger charge is 2.35. The fourth-order valence-electron chi connectivity index (χ4n) is 1.93. The summed E-state index contributed by atoms with van der Waals surface area (Å²) in [4.78, 5) is 0. The van der Waals surface area contributed by atoms with Gasteiger partial charge in [-0.3, -0.25) is 0 Å². The first-order valence-electron chi connectivity index (χ1n) is 5.87. The molecule has 0 atom stereocenters. The number of hydrogen-bond acceptors (Lipinski definition) is 4. The van der Waals surface area contributed by atoms with Gasteiger partial charge in [0.05, 0.1) is 16.8 Å². The summed E-state index contributed by atoms with van der Waals surface area (Å²) in [6, 6.07) is 0. The zero-order valence-electron chi connectivity index (χ0n) is 10.6. The molecular formula is C10H20ClNO4S2. The third-order valence-electron chi connectivity index (χ3n) is 3.08. The van der Waals surface area contributed by atoms with Gasteiger partial charge in [0.25, 0.3) is 0 Å². The van der Waals surface area contributed by atoms with Crippen molar-refractivity contribution < 1.29 is 16.8 Å². The molecule has 0 aromatic rings. The van der Waals surface area contributed by atoms with Crippen LogP contribution in [-0.2, 0) is 19.9 Å². The van der Waals surface area contributed by atoms with Crippen LogP contribution in [0.2, 0.25) is 0 Å². The topological polar surface area (TPSA) is 80.3 Å². The average Bonchev–Trinajstić information content (AvgIpc) is 2.14. The summed E-state index contributed by atoms with van der Waals surface area (Å²) in [7, 11) is -6.53. The summed E-state index contributed by atoms with van der Waals surface area (Å²) in [6.45, 7) is 3.54. The molecule has 0 aromatic carbocycles. The first kappa shape index (κ1) is 16.2. The Morgan fingerprint density at radius 1 is 1.28 bits per heavy atom. The van der Waals surface area contributed by atoms with Gasteiger partial charge in [-0.15, -0.1) is 11.6 Å². The van der Waals surface area contributed by atoms with Gasteiger partial charge in [0.15, 0.2) is 0 Å². The van der Waals surface area contributed by atoms with E-state index in [1.54, 1.807) is 13.8 Å². The summed E-state index contributed by atoms with van der Waals surface area (Å²) >= 11 is 5.62. The molecule has 1 heterocycles. The Kier molecular flexibility index (Phi) is 5.08. The number of nitrogens with one attached hydrogen (secondary N) is 1. The average molecular weight is 318 g/mol. The summed E-state index contributed by atoms with van der Waals surface area (Å²) in [6.07, 6.45) is 0.877. The van der Waals surface area contributed by atoms with Gasteiger partial charge in [0.2, 0.25) is 10.0 Å². The maximum absolute atomic E-state index is 12.1. The van der Waals surface area contributed by atoms with Gasteiger partial charge < -0.3 is 0 Å². The smallest absolute Gasteiger partial charge is 0.215 e. The lowest BCUT2D eigenvalue weighted by molar-refractivity contribution is 0.434. The second kappa shape index (κ2) is 5.64. The molecule has 108 valence electrons. The zero-order chi connectivity index (χ0) is 14.0. The van der Waals surface area contributed by atoms with Gasteiger partial charge in [0.1, 0.15) is 9.84 Å². The summed E-state index contributed by atoms with van der Waals surface area (Å²) in [5, 5.41) is -0.615. The normalized spacial score (nSPS) is 21.9. The van der Waals surface area contributed by atoms with Crippen molar-refractivity contribution in [2.75, 3.05) is 17.4 Å². The number of halogens is 1. The first-order valence-corrected chi connectivity index (χ1v) is 9.77. The Balaban J connectivity index is 2.71. The summed E-state index contributed by atoms with van der Waals surface area (Å²) in [5.74, 6) is 0.275. The van der Waals surface area contributed by atoms with E-state index in [0.717, 1.165) is 0 Å². The first-order chi connectivity index (χ1) is 8.08. The molecule has 1 saturated heterocycles. The number of sulfonamides is 1. The van der Waals surface area contributed by atoms with Crippen molar-refractivity contribution in [3.63, 3.8) is 0 Å². The molecule has 1 rings (SSSR count). The summed E-state index contributed by atoms with van der Waals surface area (Å²) in [5.41, 5.74) is -0.600. The third-order valence-corrected chi connectivity index (χ3v) is 7.17. The molecule has 5 nitrogen and oxygen atoms in total. The monoisotopic (exact) mass is 317 g/mol. The predicted molar refractivity (Wildman–Crippen MR) is 73.1 cm³/mol. The van der Waals surface area contributed by atoms with Gasteiger partial charge in [-0.2, -0.15) is 0 Å². The molecular weight excluding hydrogens is 298 g/mol. The maximum Gasteiger partial charge on any atom is 0.215 e. The van der Waals surface area contributed by atoms with Crippen LogP contribution in [0.15, 0.2) is 0 Å². The standard InChI is InChI=1S/C10H20ClNO4S2/c1-10(2,5-6-11)12-18(15,16)9-3-7-17(13,14)8-4-9/h9,12H,3-8H2,1-2H3. The second-order valence-corrected chi connectivity index (χ2v) is 9.96. The van der Waals surface area contributed by atoms with Gasteiger partial charge in [-0.25, -0.2) is 21.6 Å². The van der Waals surface area contributed by atoms with Crippen LogP contribution >= 0.6 is 11.6 Å². The molecule has 1 aliphatic rings. The van der Waals surface area contributed by atoms with E-state index in [2.05, 4.69) is 4.72 Å². The molecule has 1 N–H and O–H groups in total. The lowest BCUT2D eigenvalue weighted by Crippen LogP contribution is -2.49. The highest BCUT2D eigenvalue weighted by molar-refractivity contribution is 7.92. The second-order valence-electron chi connectivity index (χ2n) is 5.32. The van der Waals surface area contributed by atoms with E-state index in [0.29, 0.717) is 12.3 Å². The van der Waals surface area contributed by atoms with Crippen molar-refractivity contribution >= 4 is 31.5 Å². The van der Waals surface area contributed by atoms with Gasteiger partial charge in [-0.1, -0.05) is 0 Å². The van der Waals surface area contributed by atoms with Gasteiger partial charge >= 0.3 is 0 Å². The van der Waals surface area contributed by atoms with Crippen molar-refractivity contribution in [3.8, 4) is 0 Å². The Labute approximate surface area is 114 Å². The van der Waals surface area contributed by atoms with E-state index in [1.165, 1.54) is 0 Å². The number of hydrogen-bond donors (Lipinski definition) is 1. The minimum absolute atomic E-state index is 0.0471. The van der Waals surface area contributed by atoms with E-state index >= 15 is 0 Å². The maximum atomic E-state index is 12.1. The molecule has 8 heteroatoms. The lowest BCUT2D eigenvalue weighted by Gasteiger charge is -2.29. The minimum atomic E-state index is -3.49. The third kappa shape index (κ3) is 4.68. The molecule has 0 saturated carbocycles. The fourth-order valence-corrected chi connectivity index (χ4v) is 6.09. The van der Waals surface area contributed by atoms with E-state index < -0.39 is 30.6 Å². The molecule has 0 bridgehead atoms. The zero-order valence-corrected chi connectivity index (χ0v) is 13.0. The van der Waals surface area contributed by atoms with Crippen LogP contribution in [0, 0.1) is 0 Å². The van der Waals surface area contributed by atoms with Crippen LogP contribution < -0.4 is 4.72 Å². The van der Waals surface area contributed by atoms with Gasteiger partial charge in [0, 0.05) is 11.4 Å². The molecule has 0 spiro atoms.